The zero-order valence-corrected chi connectivity index (χ0v) is 13.1. The van der Waals surface area contributed by atoms with E-state index in [-0.39, 0.29) is 0 Å². The summed E-state index contributed by atoms with van der Waals surface area (Å²) in [7, 11) is 2.22. The number of nitrogens with zero attached hydrogens (tertiary/aromatic N) is 1. The van der Waals surface area contributed by atoms with Crippen LogP contribution in [0.1, 0.15) is 36.8 Å². The van der Waals surface area contributed by atoms with Gasteiger partial charge in [0.2, 0.25) is 0 Å². The fraction of sp³-hybridized carbons (Fsp3) is 0.647. The van der Waals surface area contributed by atoms with E-state index in [1.807, 2.05) is 6.07 Å². The Balaban J connectivity index is 1.57. The van der Waals surface area contributed by atoms with Gasteiger partial charge < -0.3 is 10.6 Å². The third kappa shape index (κ3) is 3.03. The van der Waals surface area contributed by atoms with Crippen LogP contribution in [0.15, 0.2) is 18.2 Å². The van der Waals surface area contributed by atoms with Crippen molar-refractivity contribution in [2.24, 2.45) is 23.5 Å². The maximum absolute atomic E-state index is 6.35. The smallest absolute Gasteiger partial charge is 0.0454 e. The summed E-state index contributed by atoms with van der Waals surface area (Å²) in [6.45, 7) is 2.72. The molecule has 2 bridgehead atoms. The average Bonchev–Trinajstić information content (AvgIpc) is 3.03. The molecule has 0 radical (unpaired) electrons. The number of halogens is 1. The van der Waals surface area contributed by atoms with Crippen molar-refractivity contribution in [2.75, 3.05) is 13.6 Å². The highest BCUT2D eigenvalue weighted by Crippen LogP contribution is 2.48. The molecule has 2 aliphatic rings. The van der Waals surface area contributed by atoms with E-state index in [0.29, 0.717) is 6.54 Å². The van der Waals surface area contributed by atoms with E-state index < -0.39 is 0 Å². The van der Waals surface area contributed by atoms with Gasteiger partial charge in [0, 0.05) is 24.7 Å². The van der Waals surface area contributed by atoms with Crippen LogP contribution in [0.25, 0.3) is 0 Å². The molecule has 2 aliphatic carbocycles. The van der Waals surface area contributed by atoms with E-state index in [1.54, 1.807) is 0 Å². The van der Waals surface area contributed by atoms with Crippen molar-refractivity contribution in [3.05, 3.63) is 34.3 Å². The van der Waals surface area contributed by atoms with Crippen LogP contribution in [-0.2, 0) is 13.1 Å². The monoisotopic (exact) mass is 292 g/mol. The lowest BCUT2D eigenvalue weighted by Gasteiger charge is -2.27. The summed E-state index contributed by atoms with van der Waals surface area (Å²) in [6, 6.07) is 6.22. The van der Waals surface area contributed by atoms with Crippen LogP contribution < -0.4 is 5.73 Å². The Kier molecular flexibility index (Phi) is 4.34. The van der Waals surface area contributed by atoms with Gasteiger partial charge in [0.1, 0.15) is 0 Å². The lowest BCUT2D eigenvalue weighted by molar-refractivity contribution is 0.214. The molecule has 1 aromatic rings. The number of benzene rings is 1. The van der Waals surface area contributed by atoms with Crippen molar-refractivity contribution in [2.45, 2.75) is 38.8 Å². The van der Waals surface area contributed by atoms with Gasteiger partial charge in [-0.15, -0.1) is 0 Å². The molecule has 0 aliphatic heterocycles. The van der Waals surface area contributed by atoms with Gasteiger partial charge in [-0.1, -0.05) is 30.2 Å². The Morgan fingerprint density at radius 3 is 2.75 bits per heavy atom. The average molecular weight is 293 g/mol. The van der Waals surface area contributed by atoms with Gasteiger partial charge in [-0.25, -0.2) is 0 Å². The quantitative estimate of drug-likeness (QED) is 0.897. The van der Waals surface area contributed by atoms with Crippen LogP contribution in [0.5, 0.6) is 0 Å². The van der Waals surface area contributed by atoms with E-state index in [4.69, 9.17) is 17.3 Å². The Morgan fingerprint density at radius 1 is 1.30 bits per heavy atom. The van der Waals surface area contributed by atoms with Crippen LogP contribution in [0.2, 0.25) is 5.02 Å². The van der Waals surface area contributed by atoms with Crippen LogP contribution in [0, 0.1) is 17.8 Å². The summed E-state index contributed by atoms with van der Waals surface area (Å²) in [5.74, 6) is 2.95. The van der Waals surface area contributed by atoms with Gasteiger partial charge in [-0.05, 0) is 61.3 Å². The molecule has 0 spiro atoms. The molecular weight excluding hydrogens is 268 g/mol. The molecule has 3 unspecified atom stereocenters. The number of fused-ring (bicyclic) bond motifs is 2. The third-order valence-corrected chi connectivity index (χ3v) is 5.58. The van der Waals surface area contributed by atoms with Gasteiger partial charge in [0.25, 0.3) is 0 Å². The Labute approximate surface area is 127 Å². The highest BCUT2D eigenvalue weighted by atomic mass is 35.5. The van der Waals surface area contributed by atoms with Crippen molar-refractivity contribution >= 4 is 11.6 Å². The molecule has 0 amide bonds. The standard InChI is InChI=1S/C17H25ClN2/c1-20(11-16-7-12-2-4-14(16)6-12)10-15-5-3-13(9-19)8-17(15)18/h3,5,8,12,14,16H,2,4,6-7,9-11,19H2,1H3. The fourth-order valence-corrected chi connectivity index (χ4v) is 4.46. The van der Waals surface area contributed by atoms with Crippen LogP contribution in [0.4, 0.5) is 0 Å². The van der Waals surface area contributed by atoms with E-state index in [0.717, 1.165) is 34.9 Å². The SMILES string of the molecule is CN(Cc1ccc(CN)cc1Cl)CC1CC2CCC1C2. The number of nitrogens with two attached hydrogens (primary N) is 1. The van der Waals surface area contributed by atoms with E-state index in [2.05, 4.69) is 24.1 Å². The minimum Gasteiger partial charge on any atom is -0.326 e. The van der Waals surface area contributed by atoms with Gasteiger partial charge in [0.15, 0.2) is 0 Å². The summed E-state index contributed by atoms with van der Waals surface area (Å²) in [5.41, 5.74) is 7.97. The highest BCUT2D eigenvalue weighted by Gasteiger charge is 2.39. The van der Waals surface area contributed by atoms with Crippen LogP contribution in [0.3, 0.4) is 0 Å². The Morgan fingerprint density at radius 2 is 2.15 bits per heavy atom. The molecule has 2 fully saturated rings. The van der Waals surface area contributed by atoms with E-state index in [9.17, 15) is 0 Å². The Bertz CT molecular complexity index is 474. The zero-order chi connectivity index (χ0) is 14.1. The molecule has 3 heteroatoms. The number of hydrogen-bond acceptors (Lipinski definition) is 2. The van der Waals surface area contributed by atoms with Crippen molar-refractivity contribution < 1.29 is 0 Å². The van der Waals surface area contributed by atoms with E-state index in [1.165, 1.54) is 37.8 Å². The molecule has 2 saturated carbocycles. The molecule has 2 nitrogen and oxygen atoms in total. The Hall–Kier alpha value is -0.570. The summed E-state index contributed by atoms with van der Waals surface area (Å²) >= 11 is 6.35. The summed E-state index contributed by atoms with van der Waals surface area (Å²) in [4.78, 5) is 2.44. The maximum atomic E-state index is 6.35. The first-order valence-corrected chi connectivity index (χ1v) is 8.19. The van der Waals surface area contributed by atoms with Crippen molar-refractivity contribution in [1.82, 2.24) is 4.90 Å². The summed E-state index contributed by atoms with van der Waals surface area (Å²) < 4.78 is 0. The molecule has 110 valence electrons. The second-order valence-corrected chi connectivity index (χ2v) is 7.17. The normalized spacial score (nSPS) is 28.5. The van der Waals surface area contributed by atoms with Gasteiger partial charge >= 0.3 is 0 Å². The second-order valence-electron chi connectivity index (χ2n) is 6.76. The molecule has 3 atom stereocenters. The molecule has 1 aromatic carbocycles. The van der Waals surface area contributed by atoms with Crippen LogP contribution in [-0.4, -0.2) is 18.5 Å². The first-order chi connectivity index (χ1) is 9.65. The minimum absolute atomic E-state index is 0.557. The first kappa shape index (κ1) is 14.4. The molecule has 3 rings (SSSR count). The number of rotatable bonds is 5. The van der Waals surface area contributed by atoms with Crippen LogP contribution >= 0.6 is 11.6 Å². The van der Waals surface area contributed by atoms with Crippen molar-refractivity contribution in [1.29, 1.82) is 0 Å². The minimum atomic E-state index is 0.557. The number of hydrogen-bond donors (Lipinski definition) is 1. The summed E-state index contributed by atoms with van der Waals surface area (Å²) in [5, 5.41) is 0.854. The predicted octanol–water partition coefficient (Wildman–Crippen LogP) is 3.67. The molecule has 0 saturated heterocycles. The lowest BCUT2D eigenvalue weighted by atomic mass is 9.88. The molecular formula is C17H25ClN2. The molecule has 2 N–H and O–H groups in total. The largest absolute Gasteiger partial charge is 0.326 e. The van der Waals surface area contributed by atoms with Gasteiger partial charge in [-0.3, -0.25) is 0 Å². The predicted molar refractivity (Wildman–Crippen MR) is 84.6 cm³/mol. The fourth-order valence-electron chi connectivity index (χ4n) is 4.20. The highest BCUT2D eigenvalue weighted by molar-refractivity contribution is 6.31. The molecule has 0 aromatic heterocycles. The zero-order valence-electron chi connectivity index (χ0n) is 12.3. The first-order valence-electron chi connectivity index (χ1n) is 7.81. The maximum Gasteiger partial charge on any atom is 0.0454 e. The molecule has 20 heavy (non-hydrogen) atoms. The molecule has 0 heterocycles. The second kappa shape index (κ2) is 6.05. The van der Waals surface area contributed by atoms with Crippen molar-refractivity contribution in [3.8, 4) is 0 Å². The lowest BCUT2D eigenvalue weighted by Crippen LogP contribution is -2.28. The van der Waals surface area contributed by atoms with Crippen molar-refractivity contribution in [3.63, 3.8) is 0 Å². The summed E-state index contributed by atoms with van der Waals surface area (Å²) in [6.07, 6.45) is 5.89. The van der Waals surface area contributed by atoms with Gasteiger partial charge in [-0.2, -0.15) is 0 Å². The topological polar surface area (TPSA) is 29.3 Å². The third-order valence-electron chi connectivity index (χ3n) is 5.22. The van der Waals surface area contributed by atoms with Gasteiger partial charge in [0.05, 0.1) is 0 Å². The van der Waals surface area contributed by atoms with E-state index >= 15 is 0 Å².